The molecule has 62 valence electrons. The zero-order chi connectivity index (χ0) is 8.36. The maximum atomic E-state index is 2.41. The summed E-state index contributed by atoms with van der Waals surface area (Å²) in [6.45, 7) is 11.2. The van der Waals surface area contributed by atoms with Crippen LogP contribution in [0, 0.1) is 0 Å². The van der Waals surface area contributed by atoms with E-state index < -0.39 is 0 Å². The summed E-state index contributed by atoms with van der Waals surface area (Å²) in [6, 6.07) is 0.694. The number of hydrogen-bond donors (Lipinski definition) is 0. The van der Waals surface area contributed by atoms with Crippen molar-refractivity contribution in [3.05, 3.63) is 0 Å². The van der Waals surface area contributed by atoms with E-state index in [1.54, 1.807) is 0 Å². The number of hydrogen-bond acceptors (Lipinski definition) is 1. The summed E-state index contributed by atoms with van der Waals surface area (Å²) in [5.41, 5.74) is 0.315. The first-order valence-corrected chi connectivity index (χ1v) is 4.12. The quantitative estimate of drug-likeness (QED) is 0.574. The van der Waals surface area contributed by atoms with Crippen molar-refractivity contribution in [2.75, 3.05) is 7.05 Å². The predicted molar refractivity (Wildman–Crippen MR) is 47.3 cm³/mol. The van der Waals surface area contributed by atoms with E-state index in [1.807, 2.05) is 0 Å². The zero-order valence-corrected chi connectivity index (χ0v) is 8.23. The summed E-state index contributed by atoms with van der Waals surface area (Å²) in [7, 11) is 2.19. The molecule has 0 saturated heterocycles. The Morgan fingerprint density at radius 2 is 1.70 bits per heavy atom. The van der Waals surface area contributed by atoms with Crippen molar-refractivity contribution in [2.45, 2.75) is 52.6 Å². The molecule has 0 aromatic heterocycles. The van der Waals surface area contributed by atoms with Gasteiger partial charge >= 0.3 is 0 Å². The van der Waals surface area contributed by atoms with E-state index in [9.17, 15) is 0 Å². The van der Waals surface area contributed by atoms with Crippen molar-refractivity contribution < 1.29 is 0 Å². The molecule has 0 aromatic rings. The van der Waals surface area contributed by atoms with E-state index >= 15 is 0 Å². The topological polar surface area (TPSA) is 3.24 Å². The number of rotatable bonds is 2. The van der Waals surface area contributed by atoms with Crippen LogP contribution in [0.25, 0.3) is 0 Å². The van der Waals surface area contributed by atoms with Crippen LogP contribution in [0.15, 0.2) is 0 Å². The molecule has 0 aliphatic heterocycles. The van der Waals surface area contributed by atoms with E-state index in [4.69, 9.17) is 0 Å². The molecule has 1 nitrogen and oxygen atoms in total. The van der Waals surface area contributed by atoms with Crippen LogP contribution in [0.4, 0.5) is 0 Å². The van der Waals surface area contributed by atoms with Crippen molar-refractivity contribution in [1.29, 1.82) is 0 Å². The summed E-state index contributed by atoms with van der Waals surface area (Å²) in [5, 5.41) is 0. The average Bonchev–Trinajstić information content (AvgIpc) is 1.83. The van der Waals surface area contributed by atoms with Gasteiger partial charge in [-0.05, 0) is 41.2 Å². The van der Waals surface area contributed by atoms with Gasteiger partial charge in [0.1, 0.15) is 0 Å². The summed E-state index contributed by atoms with van der Waals surface area (Å²) in [5.74, 6) is 0. The van der Waals surface area contributed by atoms with Crippen molar-refractivity contribution in [3.63, 3.8) is 0 Å². The first kappa shape index (κ1) is 9.96. The molecule has 0 fully saturated rings. The smallest absolute Gasteiger partial charge is 0.0124 e. The molecule has 0 amide bonds. The molecule has 0 aliphatic rings. The molecule has 10 heavy (non-hydrogen) atoms. The van der Waals surface area contributed by atoms with Crippen LogP contribution < -0.4 is 0 Å². The van der Waals surface area contributed by atoms with Gasteiger partial charge in [0.05, 0.1) is 0 Å². The van der Waals surface area contributed by atoms with Crippen molar-refractivity contribution >= 4 is 0 Å². The minimum absolute atomic E-state index is 0.315. The first-order chi connectivity index (χ1) is 4.39. The Balaban J connectivity index is 3.94. The fourth-order valence-corrected chi connectivity index (χ4v) is 0.935. The van der Waals surface area contributed by atoms with Crippen LogP contribution in [-0.2, 0) is 0 Å². The Morgan fingerprint density at radius 1 is 1.30 bits per heavy atom. The Labute approximate surface area is 65.4 Å². The predicted octanol–water partition coefficient (Wildman–Crippen LogP) is 2.52. The van der Waals surface area contributed by atoms with Crippen LogP contribution in [-0.4, -0.2) is 23.5 Å². The van der Waals surface area contributed by atoms with Crippen LogP contribution in [0.2, 0.25) is 0 Å². The molecule has 0 heterocycles. The van der Waals surface area contributed by atoms with Gasteiger partial charge in [0, 0.05) is 11.6 Å². The summed E-state index contributed by atoms with van der Waals surface area (Å²) in [4.78, 5) is 2.41. The highest BCUT2D eigenvalue weighted by Gasteiger charge is 2.20. The summed E-state index contributed by atoms with van der Waals surface area (Å²) >= 11 is 0. The third-order valence-corrected chi connectivity index (χ3v) is 2.31. The molecule has 1 unspecified atom stereocenters. The Morgan fingerprint density at radius 3 is 1.80 bits per heavy atom. The first-order valence-electron chi connectivity index (χ1n) is 4.12. The zero-order valence-electron chi connectivity index (χ0n) is 8.23. The van der Waals surface area contributed by atoms with Gasteiger partial charge < -0.3 is 0 Å². The van der Waals surface area contributed by atoms with Gasteiger partial charge in [0.2, 0.25) is 0 Å². The molecule has 0 aliphatic carbocycles. The molecule has 1 heteroatoms. The lowest BCUT2D eigenvalue weighted by atomic mass is 10.0. The second kappa shape index (κ2) is 3.38. The van der Waals surface area contributed by atoms with E-state index in [-0.39, 0.29) is 0 Å². The second-order valence-electron chi connectivity index (χ2n) is 4.04. The maximum Gasteiger partial charge on any atom is 0.0124 e. The largest absolute Gasteiger partial charge is 0.299 e. The Bertz CT molecular complexity index is 91.4. The van der Waals surface area contributed by atoms with E-state index in [0.717, 1.165) is 0 Å². The molecule has 0 spiro atoms. The van der Waals surface area contributed by atoms with Gasteiger partial charge in [-0.1, -0.05) is 6.92 Å². The highest BCUT2D eigenvalue weighted by atomic mass is 15.2. The second-order valence-corrected chi connectivity index (χ2v) is 4.04. The molecule has 0 aromatic carbocycles. The molecular formula is C9H21N. The Kier molecular flexibility index (Phi) is 3.37. The highest BCUT2D eigenvalue weighted by molar-refractivity contribution is 4.76. The van der Waals surface area contributed by atoms with Gasteiger partial charge in [0.25, 0.3) is 0 Å². The lowest BCUT2D eigenvalue weighted by Gasteiger charge is -2.36. The fourth-order valence-electron chi connectivity index (χ4n) is 0.935. The lowest BCUT2D eigenvalue weighted by molar-refractivity contribution is 0.123. The van der Waals surface area contributed by atoms with Crippen molar-refractivity contribution in [2.24, 2.45) is 0 Å². The molecule has 0 rings (SSSR count). The third-order valence-electron chi connectivity index (χ3n) is 2.31. The van der Waals surface area contributed by atoms with Crippen LogP contribution in [0.1, 0.15) is 41.0 Å². The molecule has 0 bridgehead atoms. The fraction of sp³-hybridized carbons (Fsp3) is 1.00. The molecule has 0 N–H and O–H groups in total. The minimum Gasteiger partial charge on any atom is -0.299 e. The molecule has 0 radical (unpaired) electrons. The van der Waals surface area contributed by atoms with Gasteiger partial charge in [0.15, 0.2) is 0 Å². The van der Waals surface area contributed by atoms with Crippen LogP contribution in [0.5, 0.6) is 0 Å². The average molecular weight is 143 g/mol. The van der Waals surface area contributed by atoms with Gasteiger partial charge in [-0.25, -0.2) is 0 Å². The monoisotopic (exact) mass is 143 g/mol. The minimum atomic E-state index is 0.315. The van der Waals surface area contributed by atoms with E-state index in [2.05, 4.69) is 46.6 Å². The van der Waals surface area contributed by atoms with Gasteiger partial charge in [-0.15, -0.1) is 0 Å². The third kappa shape index (κ3) is 2.70. The van der Waals surface area contributed by atoms with Crippen molar-refractivity contribution in [3.8, 4) is 0 Å². The molecular weight excluding hydrogens is 122 g/mol. The van der Waals surface area contributed by atoms with E-state index in [1.165, 1.54) is 6.42 Å². The van der Waals surface area contributed by atoms with Crippen molar-refractivity contribution in [1.82, 2.24) is 4.90 Å². The normalized spacial score (nSPS) is 15.9. The van der Waals surface area contributed by atoms with Gasteiger partial charge in [-0.3, -0.25) is 4.90 Å². The summed E-state index contributed by atoms with van der Waals surface area (Å²) in [6.07, 6.45) is 1.23. The number of nitrogens with zero attached hydrogens (tertiary/aromatic N) is 1. The van der Waals surface area contributed by atoms with Crippen LogP contribution in [0.3, 0.4) is 0 Å². The lowest BCUT2D eigenvalue weighted by Crippen LogP contribution is -2.43. The summed E-state index contributed by atoms with van der Waals surface area (Å²) < 4.78 is 0. The van der Waals surface area contributed by atoms with E-state index in [0.29, 0.717) is 11.6 Å². The molecule has 0 saturated carbocycles. The molecule has 1 atom stereocenters. The maximum absolute atomic E-state index is 2.41. The Hall–Kier alpha value is -0.0400. The van der Waals surface area contributed by atoms with Gasteiger partial charge in [-0.2, -0.15) is 0 Å². The SMILES string of the molecule is CCC(C)N(C)C(C)(C)C. The highest BCUT2D eigenvalue weighted by Crippen LogP contribution is 2.15. The van der Waals surface area contributed by atoms with Crippen LogP contribution >= 0.6 is 0 Å². The standard InChI is InChI=1S/C9H21N/c1-7-8(2)10(6)9(3,4)5/h8H,7H2,1-6H3.